The maximum atomic E-state index is 13.1. The highest BCUT2D eigenvalue weighted by Crippen LogP contribution is 2.32. The van der Waals surface area contributed by atoms with Crippen LogP contribution in [-0.2, 0) is 4.74 Å². The Morgan fingerprint density at radius 2 is 2.07 bits per heavy atom. The number of nitrogens with zero attached hydrogens (tertiary/aromatic N) is 2. The molecule has 9 heteroatoms. The molecule has 27 heavy (non-hydrogen) atoms. The van der Waals surface area contributed by atoms with Gasteiger partial charge in [-0.15, -0.1) is 11.3 Å². The fourth-order valence-electron chi connectivity index (χ4n) is 2.75. The van der Waals surface area contributed by atoms with Crippen LogP contribution >= 0.6 is 39.0 Å². The summed E-state index contributed by atoms with van der Waals surface area (Å²) in [5.41, 5.74) is 5.28. The standard InChI is InChI=1S/C18H14BrN3O3S2/c1-3-25-17(24)14-9(2)13-15(27-14)20-18-22(16(13)23)21-12(8-26-18)10-4-6-11(19)7-5-10/h4-8,21H,3H2,1-2H3. The van der Waals surface area contributed by atoms with Crippen molar-refractivity contribution >= 4 is 60.9 Å². The fraction of sp³-hybridized carbons (Fsp3) is 0.167. The number of hydrogen-bond donors (Lipinski definition) is 1. The molecular formula is C18H14BrN3O3S2. The molecule has 0 aliphatic carbocycles. The van der Waals surface area contributed by atoms with Gasteiger partial charge in [-0.25, -0.2) is 9.78 Å². The van der Waals surface area contributed by atoms with Crippen LogP contribution < -0.4 is 11.0 Å². The van der Waals surface area contributed by atoms with E-state index >= 15 is 0 Å². The van der Waals surface area contributed by atoms with Crippen molar-refractivity contribution in [2.75, 3.05) is 12.0 Å². The monoisotopic (exact) mass is 463 g/mol. The van der Waals surface area contributed by atoms with Crippen molar-refractivity contribution in [3.8, 4) is 0 Å². The molecule has 1 aliphatic heterocycles. The fourth-order valence-corrected chi connectivity index (χ4v) is 4.93. The highest BCUT2D eigenvalue weighted by atomic mass is 79.9. The van der Waals surface area contributed by atoms with Crippen molar-refractivity contribution in [3.63, 3.8) is 0 Å². The van der Waals surface area contributed by atoms with Crippen molar-refractivity contribution in [1.29, 1.82) is 0 Å². The SMILES string of the molecule is CCOC(=O)c1sc2nc3n(c(=O)c2c1C)NC(c1ccc(Br)cc1)=CS3. The summed E-state index contributed by atoms with van der Waals surface area (Å²) in [5, 5.41) is 2.89. The summed E-state index contributed by atoms with van der Waals surface area (Å²) in [6.45, 7) is 3.79. The zero-order chi connectivity index (χ0) is 19.1. The first-order valence-corrected chi connectivity index (χ1v) is 10.6. The number of fused-ring (bicyclic) bond motifs is 2. The molecule has 0 atom stereocenters. The van der Waals surface area contributed by atoms with E-state index in [1.165, 1.54) is 27.8 Å². The molecule has 6 nitrogen and oxygen atoms in total. The van der Waals surface area contributed by atoms with Crippen molar-refractivity contribution in [2.24, 2.45) is 0 Å². The number of esters is 1. The quantitative estimate of drug-likeness (QED) is 0.459. The second kappa shape index (κ2) is 7.14. The van der Waals surface area contributed by atoms with E-state index in [0.29, 0.717) is 25.8 Å². The van der Waals surface area contributed by atoms with Gasteiger partial charge in [0.25, 0.3) is 5.56 Å². The molecule has 1 aromatic carbocycles. The Labute approximate surface area is 171 Å². The van der Waals surface area contributed by atoms with Gasteiger partial charge in [-0.3, -0.25) is 10.2 Å². The Kier molecular flexibility index (Phi) is 4.83. The van der Waals surface area contributed by atoms with Crippen LogP contribution in [0.25, 0.3) is 15.9 Å². The first-order chi connectivity index (χ1) is 13.0. The molecule has 0 saturated carbocycles. The van der Waals surface area contributed by atoms with Gasteiger partial charge in [0.1, 0.15) is 9.71 Å². The minimum Gasteiger partial charge on any atom is -0.462 e. The van der Waals surface area contributed by atoms with Crippen molar-refractivity contribution < 1.29 is 9.53 Å². The number of benzene rings is 1. The largest absolute Gasteiger partial charge is 0.462 e. The van der Waals surface area contributed by atoms with Gasteiger partial charge in [-0.2, -0.15) is 4.68 Å². The number of carbonyl (C=O) groups is 1. The molecule has 138 valence electrons. The van der Waals surface area contributed by atoms with E-state index in [1.807, 2.05) is 29.7 Å². The third-order valence-corrected chi connectivity index (χ3v) is 6.60. The van der Waals surface area contributed by atoms with Crippen molar-refractivity contribution in [3.05, 3.63) is 60.5 Å². The molecule has 0 bridgehead atoms. The van der Waals surface area contributed by atoms with E-state index in [2.05, 4.69) is 26.3 Å². The summed E-state index contributed by atoms with van der Waals surface area (Å²) < 4.78 is 7.50. The van der Waals surface area contributed by atoms with Crippen molar-refractivity contribution in [2.45, 2.75) is 19.0 Å². The highest BCUT2D eigenvalue weighted by molar-refractivity contribution is 9.10. The summed E-state index contributed by atoms with van der Waals surface area (Å²) in [6.07, 6.45) is 0. The minimum atomic E-state index is -0.422. The van der Waals surface area contributed by atoms with Gasteiger partial charge in [0.2, 0.25) is 0 Å². The van der Waals surface area contributed by atoms with Gasteiger partial charge >= 0.3 is 5.97 Å². The predicted molar refractivity (Wildman–Crippen MR) is 112 cm³/mol. The average Bonchev–Trinajstić information content (AvgIpc) is 2.99. The molecule has 0 radical (unpaired) electrons. The lowest BCUT2D eigenvalue weighted by Gasteiger charge is -2.20. The summed E-state index contributed by atoms with van der Waals surface area (Å²) in [4.78, 5) is 30.8. The molecule has 4 rings (SSSR count). The molecule has 1 aliphatic rings. The normalized spacial score (nSPS) is 13.1. The molecule has 3 aromatic rings. The van der Waals surface area contributed by atoms with E-state index in [1.54, 1.807) is 13.8 Å². The van der Waals surface area contributed by atoms with Crippen LogP contribution in [0.3, 0.4) is 0 Å². The second-order valence-electron chi connectivity index (χ2n) is 5.76. The topological polar surface area (TPSA) is 73.2 Å². The maximum Gasteiger partial charge on any atom is 0.348 e. The highest BCUT2D eigenvalue weighted by Gasteiger charge is 2.24. The zero-order valence-electron chi connectivity index (χ0n) is 14.4. The Morgan fingerprint density at radius 1 is 1.33 bits per heavy atom. The lowest BCUT2D eigenvalue weighted by atomic mass is 10.2. The van der Waals surface area contributed by atoms with E-state index in [9.17, 15) is 9.59 Å². The van der Waals surface area contributed by atoms with Gasteiger partial charge in [0, 0.05) is 15.4 Å². The lowest BCUT2D eigenvalue weighted by Crippen LogP contribution is -2.32. The average molecular weight is 464 g/mol. The van der Waals surface area contributed by atoms with Crippen LogP contribution in [-0.4, -0.2) is 22.2 Å². The lowest BCUT2D eigenvalue weighted by molar-refractivity contribution is 0.0531. The van der Waals surface area contributed by atoms with E-state index in [0.717, 1.165) is 15.7 Å². The Balaban J connectivity index is 1.79. The summed E-state index contributed by atoms with van der Waals surface area (Å²) in [6, 6.07) is 7.80. The number of nitrogens with one attached hydrogen (secondary N) is 1. The number of hydrogen-bond acceptors (Lipinski definition) is 7. The molecule has 0 amide bonds. The van der Waals surface area contributed by atoms with E-state index in [4.69, 9.17) is 4.74 Å². The predicted octanol–water partition coefficient (Wildman–Crippen LogP) is 4.35. The Bertz CT molecular complexity index is 1150. The molecule has 0 fully saturated rings. The Morgan fingerprint density at radius 3 is 2.78 bits per heavy atom. The Hall–Kier alpha value is -2.10. The van der Waals surface area contributed by atoms with E-state index in [-0.39, 0.29) is 12.2 Å². The third-order valence-electron chi connectivity index (χ3n) is 4.06. The van der Waals surface area contributed by atoms with Crippen LogP contribution in [0.1, 0.15) is 27.7 Å². The van der Waals surface area contributed by atoms with Gasteiger partial charge in [-0.05, 0) is 31.5 Å². The first kappa shape index (κ1) is 18.3. The number of aryl methyl sites for hydroxylation is 1. The molecule has 1 N–H and O–H groups in total. The van der Waals surface area contributed by atoms with E-state index < -0.39 is 5.97 Å². The molecule has 0 spiro atoms. The number of rotatable bonds is 3. The summed E-state index contributed by atoms with van der Waals surface area (Å²) in [7, 11) is 0. The van der Waals surface area contributed by atoms with Gasteiger partial charge in [0.15, 0.2) is 5.16 Å². The summed E-state index contributed by atoms with van der Waals surface area (Å²) >= 11 is 5.98. The zero-order valence-corrected chi connectivity index (χ0v) is 17.6. The number of carbonyl (C=O) groups excluding carboxylic acids is 1. The van der Waals surface area contributed by atoms with Crippen LogP contribution in [0.5, 0.6) is 0 Å². The smallest absolute Gasteiger partial charge is 0.348 e. The van der Waals surface area contributed by atoms with Crippen LogP contribution in [0.2, 0.25) is 0 Å². The van der Waals surface area contributed by atoms with Crippen LogP contribution in [0.15, 0.2) is 44.1 Å². The minimum absolute atomic E-state index is 0.227. The second-order valence-corrected chi connectivity index (χ2v) is 8.51. The number of ether oxygens (including phenoxy) is 1. The maximum absolute atomic E-state index is 13.1. The number of halogens is 1. The number of aromatic nitrogens is 2. The first-order valence-electron chi connectivity index (χ1n) is 8.12. The van der Waals surface area contributed by atoms with Gasteiger partial charge in [-0.1, -0.05) is 39.8 Å². The summed E-state index contributed by atoms with van der Waals surface area (Å²) in [5.74, 6) is -0.422. The van der Waals surface area contributed by atoms with Gasteiger partial charge < -0.3 is 4.74 Å². The molecule has 0 saturated heterocycles. The molecule has 3 heterocycles. The molecule has 0 unspecified atom stereocenters. The van der Waals surface area contributed by atoms with Crippen LogP contribution in [0.4, 0.5) is 0 Å². The van der Waals surface area contributed by atoms with Gasteiger partial charge in [0.05, 0.1) is 17.7 Å². The molecule has 2 aromatic heterocycles. The third kappa shape index (κ3) is 3.19. The number of thiophene rings is 1. The van der Waals surface area contributed by atoms with Crippen molar-refractivity contribution in [1.82, 2.24) is 9.66 Å². The number of thioether (sulfide) groups is 1. The molecular weight excluding hydrogens is 450 g/mol. The van der Waals surface area contributed by atoms with Crippen LogP contribution in [0, 0.1) is 6.92 Å².